The molecule has 0 aromatic carbocycles. The predicted molar refractivity (Wildman–Crippen MR) is 112 cm³/mol. The maximum absolute atomic E-state index is 12.9. The lowest BCUT2D eigenvalue weighted by molar-refractivity contribution is -0.137. The molecule has 1 fully saturated rings. The van der Waals surface area contributed by atoms with E-state index in [-0.39, 0.29) is 43.8 Å². The molecule has 2 rings (SSSR count). The minimum Gasteiger partial charge on any atom is -0.388 e. The van der Waals surface area contributed by atoms with Gasteiger partial charge in [0.15, 0.2) is 0 Å². The highest BCUT2D eigenvalue weighted by Gasteiger charge is 2.29. The smallest absolute Gasteiger partial charge is 0.265 e. The van der Waals surface area contributed by atoms with E-state index in [4.69, 9.17) is 4.74 Å². The highest BCUT2D eigenvalue weighted by atomic mass is 32.1. The lowest BCUT2D eigenvalue weighted by atomic mass is 10.1. The van der Waals surface area contributed by atoms with E-state index >= 15 is 0 Å². The van der Waals surface area contributed by atoms with Crippen molar-refractivity contribution < 1.29 is 29.6 Å². The van der Waals surface area contributed by atoms with Gasteiger partial charge in [0.25, 0.3) is 5.91 Å². The van der Waals surface area contributed by atoms with Crippen LogP contribution in [-0.2, 0) is 9.53 Å². The maximum Gasteiger partial charge on any atom is 0.265 e. The third kappa shape index (κ3) is 7.59. The molecular weight excluding hydrogens is 410 g/mol. The van der Waals surface area contributed by atoms with Crippen LogP contribution in [0.3, 0.4) is 0 Å². The summed E-state index contributed by atoms with van der Waals surface area (Å²) in [6.07, 6.45) is -0.804. The summed E-state index contributed by atoms with van der Waals surface area (Å²) in [5.74, 6) is -0.182. The van der Waals surface area contributed by atoms with Crippen molar-refractivity contribution in [2.75, 3.05) is 39.4 Å². The molecule has 10 heteroatoms. The number of amides is 2. The maximum atomic E-state index is 12.9. The van der Waals surface area contributed by atoms with Gasteiger partial charge in [0, 0.05) is 39.2 Å². The molecule has 1 saturated heterocycles. The molecule has 0 aliphatic carbocycles. The number of nitrogens with zero attached hydrogens (tertiary/aromatic N) is 3. The Morgan fingerprint density at radius 3 is 2.57 bits per heavy atom. The Morgan fingerprint density at radius 2 is 1.90 bits per heavy atom. The third-order valence-electron chi connectivity index (χ3n) is 4.96. The van der Waals surface area contributed by atoms with Crippen molar-refractivity contribution in [1.29, 1.82) is 0 Å². The Bertz CT molecular complexity index is 657. The van der Waals surface area contributed by atoms with Gasteiger partial charge in [0.05, 0.1) is 18.3 Å². The predicted octanol–water partition coefficient (Wildman–Crippen LogP) is 0.353. The van der Waals surface area contributed by atoms with Crippen molar-refractivity contribution in [2.45, 2.75) is 51.4 Å². The summed E-state index contributed by atoms with van der Waals surface area (Å²) in [6.45, 7) is 5.01. The van der Waals surface area contributed by atoms with Gasteiger partial charge in [-0.05, 0) is 18.8 Å². The zero-order chi connectivity index (χ0) is 22.1. The van der Waals surface area contributed by atoms with Gasteiger partial charge in [-0.2, -0.15) is 0 Å². The third-order valence-corrected chi connectivity index (χ3v) is 5.72. The van der Waals surface area contributed by atoms with Crippen LogP contribution in [0.4, 0.5) is 0 Å². The minimum absolute atomic E-state index is 0.109. The lowest BCUT2D eigenvalue weighted by Crippen LogP contribution is -2.50. The molecule has 0 spiro atoms. The molecule has 1 aliphatic heterocycles. The number of aliphatic hydroxyl groups excluding tert-OH is 3. The number of aromatic nitrogens is 1. The average Bonchev–Trinajstić information content (AvgIpc) is 3.23. The quantitative estimate of drug-likeness (QED) is 0.616. The highest BCUT2D eigenvalue weighted by molar-refractivity contribution is 7.11. The number of carbonyl (C=O) groups is 2. The number of ether oxygens (including phenoxy) is 1. The second-order valence-electron chi connectivity index (χ2n) is 8.00. The van der Waals surface area contributed by atoms with Gasteiger partial charge in [-0.25, -0.2) is 0 Å². The Balaban J connectivity index is 2.17. The minimum atomic E-state index is -1.43. The Morgan fingerprint density at radius 1 is 1.17 bits per heavy atom. The van der Waals surface area contributed by atoms with Gasteiger partial charge in [-0.1, -0.05) is 13.8 Å². The Labute approximate surface area is 181 Å². The molecule has 1 aliphatic rings. The summed E-state index contributed by atoms with van der Waals surface area (Å²) in [5, 5.41) is 30.7. The molecule has 0 bridgehead atoms. The number of thiazole rings is 1. The van der Waals surface area contributed by atoms with E-state index in [0.717, 1.165) is 0 Å². The van der Waals surface area contributed by atoms with Gasteiger partial charge in [0.2, 0.25) is 5.91 Å². The van der Waals surface area contributed by atoms with Gasteiger partial charge in [0.1, 0.15) is 23.2 Å². The number of rotatable bonds is 3. The first-order valence-electron chi connectivity index (χ1n) is 10.4. The fourth-order valence-electron chi connectivity index (χ4n) is 3.23. The zero-order valence-corrected chi connectivity index (χ0v) is 18.5. The molecule has 0 radical (unpaired) electrons. The molecule has 1 aromatic rings. The normalized spacial score (nSPS) is 25.2. The van der Waals surface area contributed by atoms with E-state index in [1.807, 2.05) is 13.8 Å². The van der Waals surface area contributed by atoms with Crippen molar-refractivity contribution in [1.82, 2.24) is 14.8 Å². The van der Waals surface area contributed by atoms with E-state index in [0.29, 0.717) is 37.4 Å². The van der Waals surface area contributed by atoms with E-state index < -0.39 is 18.3 Å². The van der Waals surface area contributed by atoms with E-state index in [1.54, 1.807) is 10.4 Å². The average molecular weight is 444 g/mol. The number of β-amino-alcohol motifs (C(OH)–C–C–N with tert-alkyl or cyclic N) is 1. The monoisotopic (exact) mass is 443 g/mol. The van der Waals surface area contributed by atoms with Crippen LogP contribution < -0.4 is 0 Å². The van der Waals surface area contributed by atoms with E-state index in [1.165, 1.54) is 22.4 Å². The summed E-state index contributed by atoms with van der Waals surface area (Å²) in [6, 6.07) is 0. The first-order valence-corrected chi connectivity index (χ1v) is 11.2. The molecule has 3 atom stereocenters. The van der Waals surface area contributed by atoms with E-state index in [9.17, 15) is 24.9 Å². The topological polar surface area (TPSA) is 123 Å². The fourth-order valence-corrected chi connectivity index (χ4v) is 3.82. The van der Waals surface area contributed by atoms with Crippen LogP contribution >= 0.6 is 11.3 Å². The molecule has 2 heterocycles. The van der Waals surface area contributed by atoms with Crippen LogP contribution in [0.2, 0.25) is 0 Å². The largest absolute Gasteiger partial charge is 0.388 e. The SMILES string of the molecule is CC(C)CC(=O)N1CCN(C(=O)c2cncs2)CCCCOC[C@@H](O)[C@H](O)[C@@H](O)C1. The number of hydrogen-bond donors (Lipinski definition) is 3. The van der Waals surface area contributed by atoms with Gasteiger partial charge >= 0.3 is 0 Å². The molecule has 30 heavy (non-hydrogen) atoms. The molecule has 1 aromatic heterocycles. The van der Waals surface area contributed by atoms with Gasteiger partial charge in [-0.15, -0.1) is 11.3 Å². The molecule has 170 valence electrons. The van der Waals surface area contributed by atoms with Crippen LogP contribution in [0.15, 0.2) is 11.7 Å². The molecule has 3 N–H and O–H groups in total. The molecular formula is C20H33N3O6S. The van der Waals surface area contributed by atoms with E-state index in [2.05, 4.69) is 4.98 Å². The summed E-state index contributed by atoms with van der Waals surface area (Å²) >= 11 is 1.27. The standard InChI is InChI=1S/C20H33N3O6S/c1-14(2)9-18(26)23-7-6-22(20(28)17-10-21-13-30-17)5-3-4-8-29-12-16(25)19(27)15(24)11-23/h10,13-16,19,24-25,27H,3-9,11-12H2,1-2H3/t15-,16+,19+/m0/s1. The lowest BCUT2D eigenvalue weighted by Gasteiger charge is -2.32. The van der Waals surface area contributed by atoms with Crippen molar-refractivity contribution >= 4 is 23.2 Å². The van der Waals surface area contributed by atoms with Crippen molar-refractivity contribution in [3.8, 4) is 0 Å². The number of aliphatic hydroxyl groups is 3. The van der Waals surface area contributed by atoms with Gasteiger partial charge in [-0.3, -0.25) is 14.6 Å². The van der Waals surface area contributed by atoms with Crippen LogP contribution in [0.5, 0.6) is 0 Å². The second-order valence-corrected chi connectivity index (χ2v) is 8.89. The summed E-state index contributed by atoms with van der Waals surface area (Å²) in [4.78, 5) is 33.2. The summed E-state index contributed by atoms with van der Waals surface area (Å²) < 4.78 is 5.39. The van der Waals surface area contributed by atoms with Crippen molar-refractivity contribution in [3.63, 3.8) is 0 Å². The summed E-state index contributed by atoms with van der Waals surface area (Å²) in [5.41, 5.74) is 1.60. The molecule has 2 amide bonds. The first kappa shape index (κ1) is 24.7. The molecule has 0 unspecified atom stereocenters. The van der Waals surface area contributed by atoms with Crippen LogP contribution in [0.1, 0.15) is 42.8 Å². The first-order chi connectivity index (χ1) is 14.3. The number of hydrogen-bond acceptors (Lipinski definition) is 8. The van der Waals surface area contributed by atoms with Crippen molar-refractivity contribution in [2.24, 2.45) is 5.92 Å². The Hall–Kier alpha value is -1.59. The summed E-state index contributed by atoms with van der Waals surface area (Å²) in [7, 11) is 0. The van der Waals surface area contributed by atoms with Crippen LogP contribution in [0, 0.1) is 5.92 Å². The number of carbonyl (C=O) groups excluding carboxylic acids is 2. The second kappa shape index (κ2) is 12.3. The van der Waals surface area contributed by atoms with Gasteiger partial charge < -0.3 is 29.9 Å². The highest BCUT2D eigenvalue weighted by Crippen LogP contribution is 2.13. The molecule has 0 saturated carbocycles. The van der Waals surface area contributed by atoms with Crippen LogP contribution in [-0.4, -0.2) is 99.6 Å². The van der Waals surface area contributed by atoms with Crippen molar-refractivity contribution in [3.05, 3.63) is 16.6 Å². The Kier molecular flexibility index (Phi) is 10.1. The zero-order valence-electron chi connectivity index (χ0n) is 17.6. The van der Waals surface area contributed by atoms with Crippen LogP contribution in [0.25, 0.3) is 0 Å². The fraction of sp³-hybridized carbons (Fsp3) is 0.750. The molecule has 9 nitrogen and oxygen atoms in total.